The van der Waals surface area contributed by atoms with Gasteiger partial charge in [0.2, 0.25) is 0 Å². The highest BCUT2D eigenvalue weighted by Gasteiger charge is 2.32. The fraction of sp³-hybridized carbons (Fsp3) is 0.316. The lowest BCUT2D eigenvalue weighted by Gasteiger charge is -2.31. The van der Waals surface area contributed by atoms with E-state index in [1.54, 1.807) is 0 Å². The fourth-order valence-corrected chi connectivity index (χ4v) is 2.85. The summed E-state index contributed by atoms with van der Waals surface area (Å²) in [6.45, 7) is 3.09. The van der Waals surface area contributed by atoms with Crippen LogP contribution in [-0.4, -0.2) is 19.0 Å². The minimum Gasteiger partial charge on any atom is -0.380 e. The van der Waals surface area contributed by atoms with Crippen LogP contribution in [0.25, 0.3) is 0 Å². The minimum absolute atomic E-state index is 0.0594. The van der Waals surface area contributed by atoms with Gasteiger partial charge in [-0.2, -0.15) is 0 Å². The van der Waals surface area contributed by atoms with Gasteiger partial charge in [-0.05, 0) is 24.6 Å². The molecule has 2 atom stereocenters. The second-order valence-corrected chi connectivity index (χ2v) is 5.80. The summed E-state index contributed by atoms with van der Waals surface area (Å²) in [6, 6.07) is 18.3. The molecule has 0 spiro atoms. The maximum Gasteiger partial charge on any atom is 0.142 e. The lowest BCUT2D eigenvalue weighted by Crippen LogP contribution is -2.35. The smallest absolute Gasteiger partial charge is 0.142 e. The summed E-state index contributed by atoms with van der Waals surface area (Å²) in [5.41, 5.74) is 3.36. The van der Waals surface area contributed by atoms with E-state index < -0.39 is 0 Å². The van der Waals surface area contributed by atoms with Gasteiger partial charge in [0.1, 0.15) is 5.78 Å². The number of benzene rings is 2. The predicted octanol–water partition coefficient (Wildman–Crippen LogP) is 3.75. The average Bonchev–Trinajstić information content (AvgIpc) is 2.55. The molecule has 1 saturated heterocycles. The first-order valence-electron chi connectivity index (χ1n) is 7.72. The lowest BCUT2D eigenvalue weighted by atomic mass is 9.87. The van der Waals surface area contributed by atoms with Gasteiger partial charge >= 0.3 is 0 Å². The molecule has 3 rings (SSSR count). The van der Waals surface area contributed by atoms with Crippen LogP contribution >= 0.6 is 0 Å². The molecule has 1 fully saturated rings. The number of ketones is 1. The number of aryl methyl sites for hydroxylation is 1. The quantitative estimate of drug-likeness (QED) is 0.933. The van der Waals surface area contributed by atoms with Crippen molar-refractivity contribution < 1.29 is 9.53 Å². The van der Waals surface area contributed by atoms with Crippen molar-refractivity contribution in [2.45, 2.75) is 19.4 Å². The van der Waals surface area contributed by atoms with Crippen LogP contribution in [0, 0.1) is 12.8 Å². The largest absolute Gasteiger partial charge is 0.380 e. The summed E-state index contributed by atoms with van der Waals surface area (Å²) in [6.07, 6.45) is 0.503. The van der Waals surface area contributed by atoms with Crippen molar-refractivity contribution in [3.8, 4) is 0 Å². The molecule has 1 aliphatic rings. The van der Waals surface area contributed by atoms with Gasteiger partial charge in [-0.25, -0.2) is 0 Å². The second kappa shape index (κ2) is 6.75. The van der Waals surface area contributed by atoms with Crippen molar-refractivity contribution in [3.63, 3.8) is 0 Å². The van der Waals surface area contributed by atoms with E-state index in [4.69, 9.17) is 4.74 Å². The zero-order valence-corrected chi connectivity index (χ0v) is 12.8. The van der Waals surface area contributed by atoms with E-state index in [2.05, 4.69) is 36.5 Å². The van der Waals surface area contributed by atoms with Crippen LogP contribution in [0.15, 0.2) is 54.6 Å². The first-order valence-corrected chi connectivity index (χ1v) is 7.72. The number of Topliss-reactive ketones (excluding diaryl/α,β-unsaturated/α-hetero) is 1. The molecule has 1 unspecified atom stereocenters. The Hall–Kier alpha value is -2.13. The van der Waals surface area contributed by atoms with E-state index in [0.29, 0.717) is 19.6 Å². The Morgan fingerprint density at radius 3 is 2.50 bits per heavy atom. The maximum absolute atomic E-state index is 12.3. The summed E-state index contributed by atoms with van der Waals surface area (Å²) < 4.78 is 5.56. The number of hydrogen-bond acceptors (Lipinski definition) is 3. The molecule has 114 valence electrons. The summed E-state index contributed by atoms with van der Waals surface area (Å²) in [7, 11) is 0. The monoisotopic (exact) mass is 295 g/mol. The Balaban J connectivity index is 1.90. The molecule has 1 aliphatic heterocycles. The molecule has 0 saturated carbocycles. The Kier molecular flexibility index (Phi) is 4.54. The van der Waals surface area contributed by atoms with E-state index in [-0.39, 0.29) is 17.7 Å². The van der Waals surface area contributed by atoms with Gasteiger partial charge in [-0.3, -0.25) is 4.79 Å². The number of carbonyl (C=O) groups excluding carboxylic acids is 1. The first kappa shape index (κ1) is 14.8. The Morgan fingerprint density at radius 1 is 1.09 bits per heavy atom. The molecule has 3 heteroatoms. The average molecular weight is 295 g/mol. The van der Waals surface area contributed by atoms with Gasteiger partial charge in [-0.1, -0.05) is 48.0 Å². The second-order valence-electron chi connectivity index (χ2n) is 5.80. The number of carbonyl (C=O) groups is 1. The molecule has 2 aromatic rings. The highest BCUT2D eigenvalue weighted by Crippen LogP contribution is 2.30. The zero-order chi connectivity index (χ0) is 15.4. The minimum atomic E-state index is -0.142. The highest BCUT2D eigenvalue weighted by molar-refractivity contribution is 5.83. The van der Waals surface area contributed by atoms with Crippen molar-refractivity contribution in [2.24, 2.45) is 5.92 Å². The van der Waals surface area contributed by atoms with Crippen molar-refractivity contribution in [2.75, 3.05) is 18.5 Å². The molecular formula is C19H21NO2. The number of ether oxygens (including phenoxy) is 1. The van der Waals surface area contributed by atoms with E-state index in [0.717, 1.165) is 11.3 Å². The van der Waals surface area contributed by atoms with E-state index in [9.17, 15) is 4.79 Å². The standard InChI is InChI=1S/C19H21NO2/c1-14-7-9-15(10-8-14)19(17-13-22-12-11-18(17)21)20-16-5-3-2-4-6-16/h2-10,17,19-20H,11-13H2,1H3/t17?,19-/m1/s1. The Bertz CT molecular complexity index is 622. The Morgan fingerprint density at radius 2 is 1.82 bits per heavy atom. The van der Waals surface area contributed by atoms with Gasteiger partial charge in [-0.15, -0.1) is 0 Å². The van der Waals surface area contributed by atoms with E-state index in [1.807, 2.05) is 30.3 Å². The number of hydrogen-bond donors (Lipinski definition) is 1. The van der Waals surface area contributed by atoms with Crippen LogP contribution < -0.4 is 5.32 Å². The number of rotatable bonds is 4. The summed E-state index contributed by atoms with van der Waals surface area (Å²) in [5.74, 6) is 0.136. The van der Waals surface area contributed by atoms with Gasteiger partial charge in [0.25, 0.3) is 0 Å². The molecule has 0 radical (unpaired) electrons. The maximum atomic E-state index is 12.3. The van der Waals surface area contributed by atoms with Crippen LogP contribution in [0.4, 0.5) is 5.69 Å². The summed E-state index contributed by atoms with van der Waals surface area (Å²) in [4.78, 5) is 12.3. The summed E-state index contributed by atoms with van der Waals surface area (Å²) >= 11 is 0. The van der Waals surface area contributed by atoms with Crippen molar-refractivity contribution in [1.29, 1.82) is 0 Å². The molecule has 2 aromatic carbocycles. The molecule has 0 bridgehead atoms. The van der Waals surface area contributed by atoms with Gasteiger partial charge in [0.05, 0.1) is 25.2 Å². The molecule has 22 heavy (non-hydrogen) atoms. The third-order valence-electron chi connectivity index (χ3n) is 4.14. The first-order chi connectivity index (χ1) is 10.7. The predicted molar refractivity (Wildman–Crippen MR) is 87.9 cm³/mol. The van der Waals surface area contributed by atoms with Gasteiger partial charge in [0.15, 0.2) is 0 Å². The van der Waals surface area contributed by atoms with Crippen molar-refractivity contribution in [3.05, 3.63) is 65.7 Å². The summed E-state index contributed by atoms with van der Waals surface area (Å²) in [5, 5.41) is 3.51. The van der Waals surface area contributed by atoms with Crippen LogP contribution in [0.1, 0.15) is 23.6 Å². The molecule has 0 amide bonds. The van der Waals surface area contributed by atoms with Gasteiger partial charge < -0.3 is 10.1 Å². The molecule has 0 aliphatic carbocycles. The van der Waals surface area contributed by atoms with Crippen molar-refractivity contribution in [1.82, 2.24) is 0 Å². The molecule has 1 N–H and O–H groups in total. The topological polar surface area (TPSA) is 38.3 Å². The van der Waals surface area contributed by atoms with Crippen molar-refractivity contribution >= 4 is 11.5 Å². The fourth-order valence-electron chi connectivity index (χ4n) is 2.85. The van der Waals surface area contributed by atoms with Crippen LogP contribution in [0.5, 0.6) is 0 Å². The highest BCUT2D eigenvalue weighted by atomic mass is 16.5. The molecule has 0 aromatic heterocycles. The SMILES string of the molecule is Cc1ccc([C@@H](Nc2ccccc2)C2COCCC2=O)cc1. The molecule has 3 nitrogen and oxygen atoms in total. The van der Waals surface area contributed by atoms with Crippen LogP contribution in [-0.2, 0) is 9.53 Å². The normalized spacial score (nSPS) is 19.7. The third kappa shape index (κ3) is 3.37. The number of para-hydroxylation sites is 1. The van der Waals surface area contributed by atoms with E-state index in [1.165, 1.54) is 5.56 Å². The van der Waals surface area contributed by atoms with Gasteiger partial charge in [0, 0.05) is 12.1 Å². The third-order valence-corrected chi connectivity index (χ3v) is 4.14. The van der Waals surface area contributed by atoms with E-state index >= 15 is 0 Å². The number of anilines is 1. The zero-order valence-electron chi connectivity index (χ0n) is 12.8. The molecular weight excluding hydrogens is 274 g/mol. The Labute approximate surface area is 131 Å². The van der Waals surface area contributed by atoms with Crippen LogP contribution in [0.2, 0.25) is 0 Å². The lowest BCUT2D eigenvalue weighted by molar-refractivity contribution is -0.131. The number of nitrogens with one attached hydrogen (secondary N) is 1. The van der Waals surface area contributed by atoms with Crippen LogP contribution in [0.3, 0.4) is 0 Å². The molecule has 1 heterocycles.